The molecule has 1 aromatic carbocycles. The molecule has 1 fully saturated rings. The smallest absolute Gasteiger partial charge is 0.244 e. The molecule has 1 aliphatic heterocycles. The number of nitrogens with zero attached hydrogens (tertiary/aromatic N) is 3. The summed E-state index contributed by atoms with van der Waals surface area (Å²) in [4.78, 5) is 6.43. The van der Waals surface area contributed by atoms with E-state index < -0.39 is 10.0 Å². The lowest BCUT2D eigenvalue weighted by atomic mass is 10.3. The fraction of sp³-hybridized carbons (Fsp3) is 0.389. The number of hydrogen-bond donors (Lipinski definition) is 0. The Morgan fingerprint density at radius 1 is 1.19 bits per heavy atom. The fourth-order valence-electron chi connectivity index (χ4n) is 2.63. The van der Waals surface area contributed by atoms with E-state index >= 15 is 0 Å². The Labute approximate surface area is 168 Å². The summed E-state index contributed by atoms with van der Waals surface area (Å²) in [5, 5.41) is 0. The van der Waals surface area contributed by atoms with Crippen LogP contribution < -0.4 is 9.64 Å². The number of halogens is 1. The predicted molar refractivity (Wildman–Crippen MR) is 107 cm³/mol. The van der Waals surface area contributed by atoms with Gasteiger partial charge < -0.3 is 14.4 Å². The van der Waals surface area contributed by atoms with Gasteiger partial charge in [-0.2, -0.15) is 4.31 Å². The normalized spacial score (nSPS) is 15.5. The standard InChI is InChI=1S/C18H22BrN3O4S/c1-21(8-13-26-16-4-2-15(19)3-5-16)18-7-6-17(14-20-18)27(23,24)22-9-11-25-12-10-22/h2-7,14H,8-13H2,1H3. The van der Waals surface area contributed by atoms with Gasteiger partial charge in [0, 0.05) is 30.8 Å². The van der Waals surface area contributed by atoms with Gasteiger partial charge in [-0.05, 0) is 36.4 Å². The van der Waals surface area contributed by atoms with Crippen molar-refractivity contribution in [1.82, 2.24) is 9.29 Å². The summed E-state index contributed by atoms with van der Waals surface area (Å²) in [6.45, 7) is 2.71. The minimum atomic E-state index is -3.52. The maximum absolute atomic E-state index is 12.6. The Hall–Kier alpha value is -1.68. The van der Waals surface area contributed by atoms with Crippen LogP contribution in [0.3, 0.4) is 0 Å². The van der Waals surface area contributed by atoms with Gasteiger partial charge in [-0.3, -0.25) is 0 Å². The van der Waals surface area contributed by atoms with Gasteiger partial charge in [0.25, 0.3) is 0 Å². The molecule has 2 aromatic rings. The second-order valence-electron chi connectivity index (χ2n) is 6.09. The second kappa shape index (κ2) is 9.01. The molecule has 9 heteroatoms. The molecular formula is C18H22BrN3O4S. The zero-order valence-electron chi connectivity index (χ0n) is 15.0. The average molecular weight is 456 g/mol. The summed E-state index contributed by atoms with van der Waals surface area (Å²) in [7, 11) is -1.62. The molecule has 1 saturated heterocycles. The molecule has 1 aliphatic rings. The van der Waals surface area contributed by atoms with Crippen LogP contribution in [0, 0.1) is 0 Å². The van der Waals surface area contributed by atoms with Gasteiger partial charge in [0.05, 0.1) is 19.8 Å². The minimum absolute atomic E-state index is 0.202. The molecular weight excluding hydrogens is 434 g/mol. The fourth-order valence-corrected chi connectivity index (χ4v) is 4.25. The highest BCUT2D eigenvalue weighted by Crippen LogP contribution is 2.19. The quantitative estimate of drug-likeness (QED) is 0.637. The number of morpholine rings is 1. The Bertz CT molecular complexity index is 838. The van der Waals surface area contributed by atoms with E-state index in [1.807, 2.05) is 36.2 Å². The van der Waals surface area contributed by atoms with Gasteiger partial charge in [0.15, 0.2) is 0 Å². The number of sulfonamides is 1. The number of rotatable bonds is 7. The lowest BCUT2D eigenvalue weighted by Gasteiger charge is -2.26. The van der Waals surface area contributed by atoms with E-state index in [-0.39, 0.29) is 4.90 Å². The Balaban J connectivity index is 1.56. The van der Waals surface area contributed by atoms with Crippen LogP contribution in [0.5, 0.6) is 5.75 Å². The van der Waals surface area contributed by atoms with Crippen molar-refractivity contribution in [2.24, 2.45) is 0 Å². The van der Waals surface area contributed by atoms with Crippen LogP contribution in [-0.4, -0.2) is 64.2 Å². The SMILES string of the molecule is CN(CCOc1ccc(Br)cc1)c1ccc(S(=O)(=O)N2CCOCC2)cn1. The molecule has 0 amide bonds. The van der Waals surface area contributed by atoms with Gasteiger partial charge in [0.2, 0.25) is 10.0 Å². The summed E-state index contributed by atoms with van der Waals surface area (Å²) < 4.78 is 38.6. The van der Waals surface area contributed by atoms with E-state index in [9.17, 15) is 8.42 Å². The van der Waals surface area contributed by atoms with E-state index in [1.54, 1.807) is 12.1 Å². The summed E-state index contributed by atoms with van der Waals surface area (Å²) in [6.07, 6.45) is 1.41. The van der Waals surface area contributed by atoms with Crippen molar-refractivity contribution >= 4 is 31.8 Å². The first kappa shape index (κ1) is 20.1. The van der Waals surface area contributed by atoms with Crippen molar-refractivity contribution < 1.29 is 17.9 Å². The van der Waals surface area contributed by atoms with Crippen LogP contribution >= 0.6 is 15.9 Å². The van der Waals surface area contributed by atoms with Crippen molar-refractivity contribution in [3.8, 4) is 5.75 Å². The number of aromatic nitrogens is 1. The molecule has 0 saturated carbocycles. The third-order valence-corrected chi connectivity index (χ3v) is 6.64. The predicted octanol–water partition coefficient (Wildman–Crippen LogP) is 2.38. The maximum atomic E-state index is 12.6. The Morgan fingerprint density at radius 3 is 2.52 bits per heavy atom. The number of likely N-dealkylation sites (N-methyl/N-ethyl adjacent to an activating group) is 1. The van der Waals surface area contributed by atoms with E-state index in [1.165, 1.54) is 10.5 Å². The van der Waals surface area contributed by atoms with Crippen molar-refractivity contribution in [2.45, 2.75) is 4.90 Å². The van der Waals surface area contributed by atoms with Crippen LogP contribution in [0.2, 0.25) is 0 Å². The van der Waals surface area contributed by atoms with Crippen LogP contribution in [0.25, 0.3) is 0 Å². The summed E-state index contributed by atoms with van der Waals surface area (Å²) in [5.41, 5.74) is 0. The van der Waals surface area contributed by atoms with Gasteiger partial charge in [-0.1, -0.05) is 15.9 Å². The monoisotopic (exact) mass is 455 g/mol. The second-order valence-corrected chi connectivity index (χ2v) is 8.95. The van der Waals surface area contributed by atoms with Crippen molar-refractivity contribution in [2.75, 3.05) is 51.4 Å². The highest BCUT2D eigenvalue weighted by molar-refractivity contribution is 9.10. The summed E-state index contributed by atoms with van der Waals surface area (Å²) in [5.74, 6) is 1.49. The summed E-state index contributed by atoms with van der Waals surface area (Å²) >= 11 is 3.39. The Kier molecular flexibility index (Phi) is 6.69. The van der Waals surface area contributed by atoms with Gasteiger partial charge in [-0.25, -0.2) is 13.4 Å². The van der Waals surface area contributed by atoms with Crippen LogP contribution in [0.15, 0.2) is 52.0 Å². The number of ether oxygens (including phenoxy) is 2. The van der Waals surface area contributed by atoms with Gasteiger partial charge >= 0.3 is 0 Å². The zero-order chi connectivity index (χ0) is 19.3. The largest absolute Gasteiger partial charge is 0.492 e. The lowest BCUT2D eigenvalue weighted by molar-refractivity contribution is 0.0730. The molecule has 27 heavy (non-hydrogen) atoms. The maximum Gasteiger partial charge on any atom is 0.244 e. The molecule has 0 unspecified atom stereocenters. The molecule has 0 bridgehead atoms. The molecule has 2 heterocycles. The van der Waals surface area contributed by atoms with E-state index in [0.29, 0.717) is 45.3 Å². The number of benzene rings is 1. The number of pyridine rings is 1. The first-order valence-electron chi connectivity index (χ1n) is 8.60. The number of anilines is 1. The molecule has 0 N–H and O–H groups in total. The molecule has 3 rings (SSSR count). The molecule has 0 aliphatic carbocycles. The molecule has 0 atom stereocenters. The number of hydrogen-bond acceptors (Lipinski definition) is 6. The van der Waals surface area contributed by atoms with Crippen LogP contribution in [0.4, 0.5) is 5.82 Å². The third kappa shape index (κ3) is 5.19. The highest BCUT2D eigenvalue weighted by Gasteiger charge is 2.26. The van der Waals surface area contributed by atoms with Crippen molar-refractivity contribution in [3.63, 3.8) is 0 Å². The van der Waals surface area contributed by atoms with Gasteiger partial charge in [0.1, 0.15) is 23.1 Å². The molecule has 7 nitrogen and oxygen atoms in total. The average Bonchev–Trinajstić information content (AvgIpc) is 2.70. The molecule has 146 valence electrons. The molecule has 0 radical (unpaired) electrons. The molecule has 0 spiro atoms. The minimum Gasteiger partial charge on any atom is -0.492 e. The highest BCUT2D eigenvalue weighted by atomic mass is 79.9. The van der Waals surface area contributed by atoms with Crippen molar-refractivity contribution in [3.05, 3.63) is 47.1 Å². The first-order chi connectivity index (χ1) is 13.0. The van der Waals surface area contributed by atoms with E-state index in [4.69, 9.17) is 9.47 Å². The molecule has 1 aromatic heterocycles. The van der Waals surface area contributed by atoms with Gasteiger partial charge in [-0.15, -0.1) is 0 Å². The van der Waals surface area contributed by atoms with Crippen LogP contribution in [-0.2, 0) is 14.8 Å². The lowest BCUT2D eigenvalue weighted by Crippen LogP contribution is -2.40. The Morgan fingerprint density at radius 2 is 1.89 bits per heavy atom. The summed E-state index contributed by atoms with van der Waals surface area (Å²) in [6, 6.07) is 11.0. The van der Waals surface area contributed by atoms with E-state index in [0.717, 1.165) is 10.2 Å². The first-order valence-corrected chi connectivity index (χ1v) is 10.8. The van der Waals surface area contributed by atoms with Crippen LogP contribution in [0.1, 0.15) is 0 Å². The third-order valence-electron chi connectivity index (χ3n) is 4.23. The zero-order valence-corrected chi connectivity index (χ0v) is 17.4. The van der Waals surface area contributed by atoms with Crippen molar-refractivity contribution in [1.29, 1.82) is 0 Å². The van der Waals surface area contributed by atoms with E-state index in [2.05, 4.69) is 20.9 Å². The topological polar surface area (TPSA) is 72.0 Å².